The van der Waals surface area contributed by atoms with Crippen LogP contribution in [0.15, 0.2) is 11.0 Å². The van der Waals surface area contributed by atoms with Gasteiger partial charge in [0.2, 0.25) is 0 Å². The van der Waals surface area contributed by atoms with Gasteiger partial charge in [-0.3, -0.25) is 4.79 Å². The second-order valence-electron chi connectivity index (χ2n) is 5.06. The summed E-state index contributed by atoms with van der Waals surface area (Å²) in [5.41, 5.74) is 0.413. The molecule has 0 bridgehead atoms. The standard InChI is InChI=1S/C12H18N6O/c1-17-11-10(8-14-17)12(19)18(16-15-11)7-6-13-9-4-2-3-5-9/h8-9,13H,2-7H2,1H3. The SMILES string of the molecule is Cn1ncc2c(=O)n(CCNC3CCCC3)nnc21. The normalized spacial score (nSPS) is 16.5. The number of aryl methyl sites for hydroxylation is 1. The maximum Gasteiger partial charge on any atom is 0.280 e. The summed E-state index contributed by atoms with van der Waals surface area (Å²) in [6.45, 7) is 1.30. The molecule has 102 valence electrons. The summed E-state index contributed by atoms with van der Waals surface area (Å²) in [5, 5.41) is 16.0. The average Bonchev–Trinajstić information content (AvgIpc) is 3.03. The van der Waals surface area contributed by atoms with Gasteiger partial charge in [-0.2, -0.15) is 5.10 Å². The molecule has 0 aromatic carbocycles. The van der Waals surface area contributed by atoms with Gasteiger partial charge in [-0.15, -0.1) is 5.10 Å². The smallest absolute Gasteiger partial charge is 0.280 e. The van der Waals surface area contributed by atoms with E-state index in [-0.39, 0.29) is 5.56 Å². The van der Waals surface area contributed by atoms with Crippen LogP contribution in [0.5, 0.6) is 0 Å². The first-order valence-corrected chi connectivity index (χ1v) is 6.74. The molecule has 2 aromatic heterocycles. The average molecular weight is 262 g/mol. The molecule has 3 rings (SSSR count). The van der Waals surface area contributed by atoms with Gasteiger partial charge in [-0.1, -0.05) is 18.1 Å². The molecule has 0 amide bonds. The molecular formula is C12H18N6O. The van der Waals surface area contributed by atoms with Crippen LogP contribution >= 0.6 is 0 Å². The van der Waals surface area contributed by atoms with E-state index in [2.05, 4.69) is 20.7 Å². The molecule has 1 N–H and O–H groups in total. The molecule has 0 spiro atoms. The van der Waals surface area contributed by atoms with Crippen LogP contribution in [0.4, 0.5) is 0 Å². The van der Waals surface area contributed by atoms with E-state index in [9.17, 15) is 4.79 Å². The van der Waals surface area contributed by atoms with Crippen molar-refractivity contribution in [2.75, 3.05) is 6.54 Å². The molecule has 1 aliphatic carbocycles. The third-order valence-corrected chi connectivity index (χ3v) is 3.73. The van der Waals surface area contributed by atoms with Crippen molar-refractivity contribution in [3.63, 3.8) is 0 Å². The van der Waals surface area contributed by atoms with Crippen LogP contribution in [-0.4, -0.2) is 37.4 Å². The Labute approximate surface area is 110 Å². The first-order valence-electron chi connectivity index (χ1n) is 6.74. The van der Waals surface area contributed by atoms with Gasteiger partial charge in [0, 0.05) is 19.6 Å². The number of nitrogens with zero attached hydrogens (tertiary/aromatic N) is 5. The predicted molar refractivity (Wildman–Crippen MR) is 70.8 cm³/mol. The molecule has 0 saturated heterocycles. The van der Waals surface area contributed by atoms with Crippen LogP contribution in [-0.2, 0) is 13.6 Å². The van der Waals surface area contributed by atoms with Gasteiger partial charge in [0.1, 0.15) is 5.39 Å². The van der Waals surface area contributed by atoms with Crippen molar-refractivity contribution in [3.05, 3.63) is 16.6 Å². The first kappa shape index (κ1) is 12.3. The van der Waals surface area contributed by atoms with Crippen LogP contribution in [0.1, 0.15) is 25.7 Å². The Bertz CT molecular complexity index is 625. The monoisotopic (exact) mass is 262 g/mol. The molecule has 0 atom stereocenters. The number of hydrogen-bond donors (Lipinski definition) is 1. The van der Waals surface area contributed by atoms with Crippen LogP contribution in [0.3, 0.4) is 0 Å². The molecule has 1 fully saturated rings. The summed E-state index contributed by atoms with van der Waals surface area (Å²) in [7, 11) is 1.75. The molecule has 7 heteroatoms. The number of rotatable bonds is 4. The van der Waals surface area contributed by atoms with E-state index >= 15 is 0 Å². The Balaban J connectivity index is 1.70. The summed E-state index contributed by atoms with van der Waals surface area (Å²) >= 11 is 0. The maximum absolute atomic E-state index is 12.1. The van der Waals surface area contributed by atoms with Crippen molar-refractivity contribution < 1.29 is 0 Å². The van der Waals surface area contributed by atoms with Gasteiger partial charge in [0.15, 0.2) is 5.65 Å². The van der Waals surface area contributed by atoms with Gasteiger partial charge < -0.3 is 5.32 Å². The highest BCUT2D eigenvalue weighted by molar-refractivity contribution is 5.72. The quantitative estimate of drug-likeness (QED) is 0.843. The molecule has 0 radical (unpaired) electrons. The van der Waals surface area contributed by atoms with Crippen LogP contribution in [0.2, 0.25) is 0 Å². The molecule has 1 saturated carbocycles. The fraction of sp³-hybridized carbons (Fsp3) is 0.667. The highest BCUT2D eigenvalue weighted by atomic mass is 16.1. The molecule has 1 aliphatic rings. The minimum atomic E-state index is -0.119. The van der Waals surface area contributed by atoms with Gasteiger partial charge in [-0.05, 0) is 12.8 Å². The van der Waals surface area contributed by atoms with Crippen molar-refractivity contribution in [2.45, 2.75) is 38.3 Å². The second-order valence-corrected chi connectivity index (χ2v) is 5.06. The van der Waals surface area contributed by atoms with E-state index in [0.29, 0.717) is 23.6 Å². The van der Waals surface area contributed by atoms with Gasteiger partial charge in [-0.25, -0.2) is 9.36 Å². The zero-order valence-corrected chi connectivity index (χ0v) is 11.0. The second kappa shape index (κ2) is 5.08. The lowest BCUT2D eigenvalue weighted by Crippen LogP contribution is -2.33. The minimum Gasteiger partial charge on any atom is -0.312 e. The fourth-order valence-electron chi connectivity index (χ4n) is 2.63. The summed E-state index contributed by atoms with van der Waals surface area (Å²) in [5.74, 6) is 0. The topological polar surface area (TPSA) is 77.6 Å². The lowest BCUT2D eigenvalue weighted by molar-refractivity contribution is 0.461. The maximum atomic E-state index is 12.1. The van der Waals surface area contributed by atoms with E-state index < -0.39 is 0 Å². The number of aromatic nitrogens is 5. The molecule has 0 aliphatic heterocycles. The lowest BCUT2D eigenvalue weighted by Gasteiger charge is -2.11. The van der Waals surface area contributed by atoms with Crippen molar-refractivity contribution in [3.8, 4) is 0 Å². The molecular weight excluding hydrogens is 244 g/mol. The van der Waals surface area contributed by atoms with E-state index in [4.69, 9.17) is 0 Å². The van der Waals surface area contributed by atoms with Gasteiger partial charge >= 0.3 is 0 Å². The molecule has 2 aromatic rings. The zero-order valence-electron chi connectivity index (χ0n) is 11.0. The molecule has 0 unspecified atom stereocenters. The lowest BCUT2D eigenvalue weighted by atomic mass is 10.2. The van der Waals surface area contributed by atoms with E-state index in [1.807, 2.05) is 0 Å². The van der Waals surface area contributed by atoms with E-state index in [1.165, 1.54) is 30.4 Å². The number of hydrogen-bond acceptors (Lipinski definition) is 5. The Morgan fingerprint density at radius 1 is 1.42 bits per heavy atom. The largest absolute Gasteiger partial charge is 0.312 e. The van der Waals surface area contributed by atoms with Gasteiger partial charge in [0.05, 0.1) is 12.7 Å². The van der Waals surface area contributed by atoms with Crippen LogP contribution in [0.25, 0.3) is 11.0 Å². The predicted octanol–water partition coefficient (Wildman–Crippen LogP) is 0.0572. The van der Waals surface area contributed by atoms with Gasteiger partial charge in [0.25, 0.3) is 5.56 Å². The summed E-state index contributed by atoms with van der Waals surface area (Å²) in [4.78, 5) is 12.1. The highest BCUT2D eigenvalue weighted by Crippen LogP contribution is 2.17. The van der Waals surface area contributed by atoms with Crippen LogP contribution in [0, 0.1) is 0 Å². The Morgan fingerprint density at radius 3 is 3.00 bits per heavy atom. The van der Waals surface area contributed by atoms with Crippen molar-refractivity contribution in [1.82, 2.24) is 30.1 Å². The fourth-order valence-corrected chi connectivity index (χ4v) is 2.63. The summed E-state index contributed by atoms with van der Waals surface area (Å²) < 4.78 is 2.97. The van der Waals surface area contributed by atoms with Crippen LogP contribution < -0.4 is 10.9 Å². The Hall–Kier alpha value is -1.76. The van der Waals surface area contributed by atoms with Crippen molar-refractivity contribution >= 4 is 11.0 Å². The summed E-state index contributed by atoms with van der Waals surface area (Å²) in [6.07, 6.45) is 6.63. The summed E-state index contributed by atoms with van der Waals surface area (Å²) in [6, 6.07) is 0.603. The van der Waals surface area contributed by atoms with E-state index in [1.54, 1.807) is 17.9 Å². The number of fused-ring (bicyclic) bond motifs is 1. The Morgan fingerprint density at radius 2 is 2.21 bits per heavy atom. The highest BCUT2D eigenvalue weighted by Gasteiger charge is 2.14. The molecule has 19 heavy (non-hydrogen) atoms. The third kappa shape index (κ3) is 2.37. The number of nitrogens with one attached hydrogen (secondary N) is 1. The Kier molecular flexibility index (Phi) is 3.29. The van der Waals surface area contributed by atoms with E-state index in [0.717, 1.165) is 6.54 Å². The minimum absolute atomic E-state index is 0.119. The third-order valence-electron chi connectivity index (χ3n) is 3.73. The molecule has 7 nitrogen and oxygen atoms in total. The zero-order chi connectivity index (χ0) is 13.2. The van der Waals surface area contributed by atoms with Crippen molar-refractivity contribution in [1.29, 1.82) is 0 Å². The molecule has 2 heterocycles. The van der Waals surface area contributed by atoms with Crippen molar-refractivity contribution in [2.24, 2.45) is 7.05 Å². The first-order chi connectivity index (χ1) is 9.25.